The minimum Gasteiger partial charge on any atom is -0.467 e. The fourth-order valence-corrected chi connectivity index (χ4v) is 3.54. The van der Waals surface area contributed by atoms with E-state index in [1.807, 2.05) is 6.07 Å². The molecule has 1 atom stereocenters. The highest BCUT2D eigenvalue weighted by Gasteiger charge is 2.34. The van der Waals surface area contributed by atoms with Gasteiger partial charge < -0.3 is 14.1 Å². The number of hydrogen-bond donors (Lipinski definition) is 0. The Labute approximate surface area is 165 Å². The van der Waals surface area contributed by atoms with E-state index < -0.39 is 6.04 Å². The lowest BCUT2D eigenvalue weighted by Gasteiger charge is -2.22. The fraction of sp³-hybridized carbons (Fsp3) is 0.524. The van der Waals surface area contributed by atoms with Crippen LogP contribution < -0.4 is 0 Å². The number of nitrogens with zero attached hydrogens (tertiary/aromatic N) is 3. The van der Waals surface area contributed by atoms with Crippen LogP contribution in [0.2, 0.25) is 0 Å². The summed E-state index contributed by atoms with van der Waals surface area (Å²) in [6, 6.07) is 9.93. The van der Waals surface area contributed by atoms with Crippen molar-refractivity contribution in [3.05, 3.63) is 47.7 Å². The van der Waals surface area contributed by atoms with Crippen LogP contribution in [0.15, 0.2) is 34.7 Å². The van der Waals surface area contributed by atoms with Crippen molar-refractivity contribution in [1.29, 1.82) is 0 Å². The van der Waals surface area contributed by atoms with Gasteiger partial charge in [-0.3, -0.25) is 4.79 Å². The fourth-order valence-electron chi connectivity index (χ4n) is 3.54. The highest BCUT2D eigenvalue weighted by Crippen LogP contribution is 2.20. The Balaban J connectivity index is 1.39. The molecule has 1 aromatic heterocycles. The molecule has 1 aromatic carbocycles. The molecule has 0 N–H and O–H groups in total. The van der Waals surface area contributed by atoms with Crippen molar-refractivity contribution in [2.45, 2.75) is 57.4 Å². The van der Waals surface area contributed by atoms with E-state index in [-0.39, 0.29) is 18.3 Å². The summed E-state index contributed by atoms with van der Waals surface area (Å²) < 4.78 is 10.4. The van der Waals surface area contributed by atoms with Gasteiger partial charge in [0.2, 0.25) is 17.7 Å². The molecular formula is C21H27N3O4. The van der Waals surface area contributed by atoms with E-state index in [4.69, 9.17) is 9.15 Å². The number of amides is 1. The lowest BCUT2D eigenvalue weighted by molar-refractivity contribution is -0.150. The van der Waals surface area contributed by atoms with E-state index in [0.717, 1.165) is 32.1 Å². The first-order valence-electron chi connectivity index (χ1n) is 9.90. The number of likely N-dealkylation sites (tertiary alicyclic amines) is 1. The molecule has 1 amide bonds. The van der Waals surface area contributed by atoms with Gasteiger partial charge in [-0.2, -0.15) is 0 Å². The third kappa shape index (κ3) is 5.41. The molecule has 7 nitrogen and oxygen atoms in total. The summed E-state index contributed by atoms with van der Waals surface area (Å²) in [6.45, 7) is 0.592. The number of esters is 1. The van der Waals surface area contributed by atoms with Crippen molar-refractivity contribution < 1.29 is 18.7 Å². The zero-order valence-corrected chi connectivity index (χ0v) is 16.3. The maximum atomic E-state index is 12.4. The first kappa shape index (κ1) is 20.0. The predicted octanol–water partition coefficient (Wildman–Crippen LogP) is 2.73. The van der Waals surface area contributed by atoms with Crippen molar-refractivity contribution in [3.8, 4) is 0 Å². The van der Waals surface area contributed by atoms with Crippen molar-refractivity contribution in [3.63, 3.8) is 0 Å². The highest BCUT2D eigenvalue weighted by molar-refractivity contribution is 5.85. The second kappa shape index (κ2) is 10.0. The van der Waals surface area contributed by atoms with Crippen LogP contribution in [0.5, 0.6) is 0 Å². The number of rotatable bonds is 9. The quantitative estimate of drug-likeness (QED) is 0.487. The molecule has 28 heavy (non-hydrogen) atoms. The number of carbonyl (C=O) groups excluding carboxylic acids is 2. The summed E-state index contributed by atoms with van der Waals surface area (Å²) in [6.07, 6.45) is 5.93. The highest BCUT2D eigenvalue weighted by atomic mass is 16.5. The van der Waals surface area contributed by atoms with Gasteiger partial charge in [-0.15, -0.1) is 10.2 Å². The summed E-state index contributed by atoms with van der Waals surface area (Å²) in [5.74, 6) is 0.668. The van der Waals surface area contributed by atoms with Crippen LogP contribution in [0.1, 0.15) is 49.4 Å². The van der Waals surface area contributed by atoms with E-state index in [1.54, 1.807) is 4.90 Å². The van der Waals surface area contributed by atoms with E-state index in [1.165, 1.54) is 12.7 Å². The van der Waals surface area contributed by atoms with Gasteiger partial charge in [0.15, 0.2) is 0 Å². The lowest BCUT2D eigenvalue weighted by atomic mass is 10.1. The first-order valence-corrected chi connectivity index (χ1v) is 9.90. The molecule has 1 fully saturated rings. The van der Waals surface area contributed by atoms with Crippen LogP contribution in [0, 0.1) is 0 Å². The van der Waals surface area contributed by atoms with Gasteiger partial charge in [-0.1, -0.05) is 30.3 Å². The van der Waals surface area contributed by atoms with Crippen molar-refractivity contribution in [2.24, 2.45) is 0 Å². The summed E-state index contributed by atoms with van der Waals surface area (Å²) in [5.41, 5.74) is 1.33. The van der Waals surface area contributed by atoms with E-state index in [0.29, 0.717) is 31.2 Å². The molecule has 1 saturated heterocycles. The largest absolute Gasteiger partial charge is 0.467 e. The first-order chi connectivity index (χ1) is 13.7. The minimum atomic E-state index is -0.458. The zero-order chi connectivity index (χ0) is 19.8. The lowest BCUT2D eigenvalue weighted by Crippen LogP contribution is -2.41. The van der Waals surface area contributed by atoms with Crippen molar-refractivity contribution in [1.82, 2.24) is 15.1 Å². The smallest absolute Gasteiger partial charge is 0.328 e. The molecule has 3 rings (SSSR count). The maximum absolute atomic E-state index is 12.4. The summed E-state index contributed by atoms with van der Waals surface area (Å²) in [5, 5.41) is 8.12. The number of aryl methyl sites for hydroxylation is 3. The summed E-state index contributed by atoms with van der Waals surface area (Å²) in [4.78, 5) is 25.8. The normalized spacial score (nSPS) is 16.3. The molecule has 1 aliphatic heterocycles. The van der Waals surface area contributed by atoms with Gasteiger partial charge in [0.25, 0.3) is 0 Å². The SMILES string of the molecule is COC(=O)[C@@H]1CCCN1C(=O)CCc1nnc(CCCCc2ccccc2)o1. The average molecular weight is 385 g/mol. The minimum absolute atomic E-state index is 0.0736. The molecule has 0 aliphatic carbocycles. The monoisotopic (exact) mass is 385 g/mol. The van der Waals surface area contributed by atoms with Crippen LogP contribution >= 0.6 is 0 Å². The molecule has 2 aromatic rings. The molecule has 0 unspecified atom stereocenters. The van der Waals surface area contributed by atoms with Crippen LogP contribution in [0.4, 0.5) is 0 Å². The molecule has 150 valence electrons. The van der Waals surface area contributed by atoms with Crippen LogP contribution in [-0.2, 0) is 33.6 Å². The molecule has 7 heteroatoms. The van der Waals surface area contributed by atoms with Crippen molar-refractivity contribution >= 4 is 11.9 Å². The Kier molecular flexibility index (Phi) is 7.17. The number of ether oxygens (including phenoxy) is 1. The van der Waals surface area contributed by atoms with E-state index in [2.05, 4.69) is 34.5 Å². The Morgan fingerprint density at radius 2 is 1.82 bits per heavy atom. The second-order valence-corrected chi connectivity index (χ2v) is 7.05. The number of methoxy groups -OCH3 is 1. The molecule has 0 saturated carbocycles. The standard InChI is InChI=1S/C21H27N3O4/c1-27-21(26)17-11-7-15-24(17)20(25)14-13-19-23-22-18(28-19)12-6-5-10-16-8-3-2-4-9-16/h2-4,8-9,17H,5-7,10-15H2,1H3/t17-/m0/s1. The van der Waals surface area contributed by atoms with Gasteiger partial charge in [-0.25, -0.2) is 4.79 Å². The van der Waals surface area contributed by atoms with Gasteiger partial charge in [0, 0.05) is 25.8 Å². The van der Waals surface area contributed by atoms with Gasteiger partial charge in [-0.05, 0) is 37.7 Å². The third-order valence-corrected chi connectivity index (χ3v) is 5.06. The van der Waals surface area contributed by atoms with Gasteiger partial charge in [0.1, 0.15) is 6.04 Å². The molecule has 2 heterocycles. The molecule has 0 bridgehead atoms. The Bertz CT molecular complexity index is 775. The number of unbranched alkanes of at least 4 members (excludes halogenated alkanes) is 1. The summed E-state index contributed by atoms with van der Waals surface area (Å²) >= 11 is 0. The maximum Gasteiger partial charge on any atom is 0.328 e. The van der Waals surface area contributed by atoms with E-state index >= 15 is 0 Å². The van der Waals surface area contributed by atoms with Crippen LogP contribution in [-0.4, -0.2) is 46.7 Å². The number of aromatic nitrogens is 2. The molecule has 0 radical (unpaired) electrons. The van der Waals surface area contributed by atoms with Crippen LogP contribution in [0.25, 0.3) is 0 Å². The molecular weight excluding hydrogens is 358 g/mol. The van der Waals surface area contributed by atoms with E-state index in [9.17, 15) is 9.59 Å². The van der Waals surface area contributed by atoms with Gasteiger partial charge >= 0.3 is 5.97 Å². The molecule has 1 aliphatic rings. The second-order valence-electron chi connectivity index (χ2n) is 7.05. The average Bonchev–Trinajstić information content (AvgIpc) is 3.39. The van der Waals surface area contributed by atoms with Crippen LogP contribution in [0.3, 0.4) is 0 Å². The number of carbonyl (C=O) groups is 2. The number of hydrogen-bond acceptors (Lipinski definition) is 6. The topological polar surface area (TPSA) is 85.5 Å². The van der Waals surface area contributed by atoms with Crippen molar-refractivity contribution in [2.75, 3.05) is 13.7 Å². The van der Waals surface area contributed by atoms with Gasteiger partial charge in [0.05, 0.1) is 7.11 Å². The zero-order valence-electron chi connectivity index (χ0n) is 16.3. The molecule has 0 spiro atoms. The third-order valence-electron chi connectivity index (χ3n) is 5.06. The Morgan fingerprint density at radius 1 is 1.11 bits per heavy atom. The Morgan fingerprint density at radius 3 is 2.57 bits per heavy atom. The Hall–Kier alpha value is -2.70. The summed E-state index contributed by atoms with van der Waals surface area (Å²) in [7, 11) is 1.35. The predicted molar refractivity (Wildman–Crippen MR) is 102 cm³/mol. The number of benzene rings is 1.